The van der Waals surface area contributed by atoms with Crippen molar-refractivity contribution in [3.8, 4) is 11.5 Å². The highest BCUT2D eigenvalue weighted by atomic mass is 32.2. The quantitative estimate of drug-likeness (QED) is 0.414. The molecule has 0 heterocycles. The standard InChI is InChI=1S/C27H32N2O4S/c1-20(2)19-26(22-11-7-5-8-12-22)28-27(30)21(3)29(34(4,31)32)23-15-17-25(18-16-23)33-24-13-9-6-10-14-24/h5-18,20-21,26H,19H2,1-4H3,(H,28,30)/t21-,26+/m1/s1. The zero-order valence-corrected chi connectivity index (χ0v) is 20.8. The third-order valence-corrected chi connectivity index (χ3v) is 6.63. The first kappa shape index (κ1) is 25.3. The van der Waals surface area contributed by atoms with Crippen molar-refractivity contribution in [3.05, 3.63) is 90.5 Å². The SMILES string of the molecule is CC(C)C[C@H](NC(=O)[C@@H](C)N(c1ccc(Oc2ccccc2)cc1)S(C)(=O)=O)c1ccccc1. The van der Waals surface area contributed by atoms with Gasteiger partial charge in [0.05, 0.1) is 18.0 Å². The Morgan fingerprint density at radius 1 is 0.853 bits per heavy atom. The van der Waals surface area contributed by atoms with E-state index in [1.54, 1.807) is 31.2 Å². The Hall–Kier alpha value is -3.32. The fraction of sp³-hybridized carbons (Fsp3) is 0.296. The molecule has 3 aromatic carbocycles. The molecule has 0 spiro atoms. The summed E-state index contributed by atoms with van der Waals surface area (Å²) < 4.78 is 32.3. The van der Waals surface area contributed by atoms with Gasteiger partial charge in [-0.3, -0.25) is 9.10 Å². The monoisotopic (exact) mass is 480 g/mol. The van der Waals surface area contributed by atoms with Crippen LogP contribution in [0.1, 0.15) is 38.8 Å². The lowest BCUT2D eigenvalue weighted by molar-refractivity contribution is -0.122. The molecule has 0 aliphatic heterocycles. The van der Waals surface area contributed by atoms with E-state index < -0.39 is 16.1 Å². The topological polar surface area (TPSA) is 75.7 Å². The maximum Gasteiger partial charge on any atom is 0.244 e. The first-order valence-electron chi connectivity index (χ1n) is 11.3. The van der Waals surface area contributed by atoms with Crippen LogP contribution in [0.3, 0.4) is 0 Å². The highest BCUT2D eigenvalue weighted by molar-refractivity contribution is 7.92. The molecule has 34 heavy (non-hydrogen) atoms. The molecule has 6 nitrogen and oxygen atoms in total. The summed E-state index contributed by atoms with van der Waals surface area (Å²) in [6, 6.07) is 24.6. The van der Waals surface area contributed by atoms with Crippen LogP contribution in [0.2, 0.25) is 0 Å². The van der Waals surface area contributed by atoms with E-state index in [1.165, 1.54) is 0 Å². The van der Waals surface area contributed by atoms with Gasteiger partial charge >= 0.3 is 0 Å². The molecule has 0 aromatic heterocycles. The number of sulfonamides is 1. The highest BCUT2D eigenvalue weighted by Crippen LogP contribution is 2.28. The van der Waals surface area contributed by atoms with Gasteiger partial charge in [0, 0.05) is 0 Å². The van der Waals surface area contributed by atoms with Gasteiger partial charge in [-0.05, 0) is 61.2 Å². The molecular weight excluding hydrogens is 448 g/mol. The molecule has 2 atom stereocenters. The van der Waals surface area contributed by atoms with Crippen LogP contribution in [0.4, 0.5) is 5.69 Å². The number of rotatable bonds is 10. The fourth-order valence-electron chi connectivity index (χ4n) is 3.82. The Bertz CT molecular complexity index is 1160. The summed E-state index contributed by atoms with van der Waals surface area (Å²) in [4.78, 5) is 13.2. The average Bonchev–Trinajstić information content (AvgIpc) is 2.80. The molecule has 0 unspecified atom stereocenters. The van der Waals surface area contributed by atoms with Crippen LogP contribution in [0.25, 0.3) is 0 Å². The van der Waals surface area contributed by atoms with Crippen LogP contribution < -0.4 is 14.4 Å². The first-order valence-corrected chi connectivity index (χ1v) is 13.2. The van der Waals surface area contributed by atoms with E-state index in [0.29, 0.717) is 23.1 Å². The zero-order valence-electron chi connectivity index (χ0n) is 20.0. The number of carbonyl (C=O) groups excluding carboxylic acids is 1. The number of para-hydroxylation sites is 1. The second-order valence-electron chi connectivity index (χ2n) is 8.75. The number of anilines is 1. The summed E-state index contributed by atoms with van der Waals surface area (Å²) in [6.07, 6.45) is 1.85. The third-order valence-electron chi connectivity index (χ3n) is 5.38. The van der Waals surface area contributed by atoms with E-state index in [2.05, 4.69) is 19.2 Å². The minimum atomic E-state index is -3.73. The van der Waals surface area contributed by atoms with Crippen LogP contribution in [-0.4, -0.2) is 26.6 Å². The molecule has 0 bridgehead atoms. The van der Waals surface area contributed by atoms with Crippen molar-refractivity contribution in [2.45, 2.75) is 39.3 Å². The number of hydrogen-bond acceptors (Lipinski definition) is 4. The van der Waals surface area contributed by atoms with E-state index in [-0.39, 0.29) is 11.9 Å². The van der Waals surface area contributed by atoms with Crippen molar-refractivity contribution in [3.63, 3.8) is 0 Å². The van der Waals surface area contributed by atoms with Crippen molar-refractivity contribution in [2.75, 3.05) is 10.6 Å². The molecule has 0 saturated carbocycles. The fourth-order valence-corrected chi connectivity index (χ4v) is 5.00. The molecule has 180 valence electrons. The summed E-state index contributed by atoms with van der Waals surface area (Å²) in [5, 5.41) is 3.06. The van der Waals surface area contributed by atoms with Crippen LogP contribution in [-0.2, 0) is 14.8 Å². The summed E-state index contributed by atoms with van der Waals surface area (Å²) in [5.41, 5.74) is 1.38. The Balaban J connectivity index is 1.81. The minimum absolute atomic E-state index is 0.209. The number of benzene rings is 3. The molecule has 7 heteroatoms. The van der Waals surface area contributed by atoms with Gasteiger partial charge < -0.3 is 10.1 Å². The lowest BCUT2D eigenvalue weighted by atomic mass is 9.96. The molecule has 0 aliphatic carbocycles. The van der Waals surface area contributed by atoms with Gasteiger partial charge in [0.2, 0.25) is 15.9 Å². The predicted molar refractivity (Wildman–Crippen MR) is 137 cm³/mol. The van der Waals surface area contributed by atoms with Crippen molar-refractivity contribution < 1.29 is 17.9 Å². The van der Waals surface area contributed by atoms with Gasteiger partial charge in [-0.15, -0.1) is 0 Å². The minimum Gasteiger partial charge on any atom is -0.457 e. The lowest BCUT2D eigenvalue weighted by Gasteiger charge is -2.30. The number of nitrogens with zero attached hydrogens (tertiary/aromatic N) is 1. The summed E-state index contributed by atoms with van der Waals surface area (Å²) in [6.45, 7) is 5.78. The summed E-state index contributed by atoms with van der Waals surface area (Å²) in [5.74, 6) is 1.25. The van der Waals surface area contributed by atoms with E-state index >= 15 is 0 Å². The van der Waals surface area contributed by atoms with Crippen molar-refractivity contribution >= 4 is 21.6 Å². The maximum atomic E-state index is 13.2. The van der Waals surface area contributed by atoms with E-state index in [9.17, 15) is 13.2 Å². The van der Waals surface area contributed by atoms with Gasteiger partial charge in [-0.1, -0.05) is 62.4 Å². The largest absolute Gasteiger partial charge is 0.457 e. The Labute approximate surface area is 202 Å². The average molecular weight is 481 g/mol. The number of ether oxygens (including phenoxy) is 1. The van der Waals surface area contributed by atoms with Crippen molar-refractivity contribution in [1.29, 1.82) is 0 Å². The van der Waals surface area contributed by atoms with E-state index in [4.69, 9.17) is 4.74 Å². The smallest absolute Gasteiger partial charge is 0.244 e. The van der Waals surface area contributed by atoms with E-state index in [0.717, 1.165) is 22.5 Å². The molecule has 3 rings (SSSR count). The molecule has 0 aliphatic rings. The normalized spacial score (nSPS) is 13.2. The second kappa shape index (κ2) is 11.2. The first-order chi connectivity index (χ1) is 16.1. The van der Waals surface area contributed by atoms with Gasteiger partial charge in [-0.25, -0.2) is 8.42 Å². The number of hydrogen-bond donors (Lipinski definition) is 1. The maximum absolute atomic E-state index is 13.2. The van der Waals surface area contributed by atoms with Crippen molar-refractivity contribution in [2.24, 2.45) is 5.92 Å². The summed E-state index contributed by atoms with van der Waals surface area (Å²) >= 11 is 0. The van der Waals surface area contributed by atoms with Gasteiger partial charge in [0.25, 0.3) is 0 Å². The number of nitrogens with one attached hydrogen (secondary N) is 1. The molecule has 0 saturated heterocycles. The predicted octanol–water partition coefficient (Wildman–Crippen LogP) is 5.54. The zero-order chi connectivity index (χ0) is 24.7. The van der Waals surface area contributed by atoms with E-state index in [1.807, 2.05) is 60.7 Å². The third kappa shape index (κ3) is 6.84. The highest BCUT2D eigenvalue weighted by Gasteiger charge is 2.30. The van der Waals surface area contributed by atoms with Crippen LogP contribution in [0.5, 0.6) is 11.5 Å². The van der Waals surface area contributed by atoms with Gasteiger partial charge in [0.1, 0.15) is 17.5 Å². The van der Waals surface area contributed by atoms with Gasteiger partial charge in [-0.2, -0.15) is 0 Å². The molecule has 1 amide bonds. The molecule has 0 radical (unpaired) electrons. The molecule has 3 aromatic rings. The summed E-state index contributed by atoms with van der Waals surface area (Å²) in [7, 11) is -3.73. The Morgan fingerprint density at radius 2 is 1.38 bits per heavy atom. The molecule has 1 N–H and O–H groups in total. The Kier molecular flexibility index (Phi) is 8.34. The molecule has 0 fully saturated rings. The lowest BCUT2D eigenvalue weighted by Crippen LogP contribution is -2.48. The van der Waals surface area contributed by atoms with Crippen molar-refractivity contribution in [1.82, 2.24) is 5.32 Å². The second-order valence-corrected chi connectivity index (χ2v) is 10.6. The number of amides is 1. The van der Waals surface area contributed by atoms with Crippen LogP contribution in [0.15, 0.2) is 84.9 Å². The van der Waals surface area contributed by atoms with Crippen LogP contribution >= 0.6 is 0 Å². The van der Waals surface area contributed by atoms with Gasteiger partial charge in [0.15, 0.2) is 0 Å². The van der Waals surface area contributed by atoms with Crippen LogP contribution in [0, 0.1) is 5.92 Å². The molecular formula is C27H32N2O4S. The number of carbonyl (C=O) groups is 1. The Morgan fingerprint density at radius 3 is 1.91 bits per heavy atom.